The Morgan fingerprint density at radius 2 is 1.55 bits per heavy atom. The lowest BCUT2D eigenvalue weighted by Crippen LogP contribution is -2.52. The Kier molecular flexibility index (Phi) is 7.46. The molecule has 2 aromatic rings. The van der Waals surface area contributed by atoms with E-state index in [1.54, 1.807) is 12.1 Å². The predicted molar refractivity (Wildman–Crippen MR) is 107 cm³/mol. The molecule has 0 fully saturated rings. The van der Waals surface area contributed by atoms with E-state index in [1.165, 1.54) is 24.3 Å². The van der Waals surface area contributed by atoms with Crippen LogP contribution in [0.1, 0.15) is 36.2 Å². The van der Waals surface area contributed by atoms with Crippen molar-refractivity contribution in [1.82, 2.24) is 15.6 Å². The topological polar surface area (TPSA) is 104 Å². The highest BCUT2D eigenvalue weighted by atomic mass is 32.2. The fraction of sp³-hybridized carbons (Fsp3) is 0.300. The van der Waals surface area contributed by atoms with Gasteiger partial charge in [0.25, 0.3) is 11.8 Å². The third-order valence-corrected chi connectivity index (χ3v) is 5.55. The highest BCUT2D eigenvalue weighted by Gasteiger charge is 2.27. The van der Waals surface area contributed by atoms with E-state index in [0.29, 0.717) is 0 Å². The first-order valence-electron chi connectivity index (χ1n) is 9.03. The van der Waals surface area contributed by atoms with Crippen LogP contribution >= 0.6 is 0 Å². The molecular formula is C20H24FN3O4S. The summed E-state index contributed by atoms with van der Waals surface area (Å²) in [6.45, 7) is 5.53. The number of hydrogen-bond acceptors (Lipinski definition) is 4. The third-order valence-electron chi connectivity index (χ3n) is 4.06. The molecule has 0 saturated heterocycles. The molecule has 156 valence electrons. The number of carbonyl (C=O) groups excluding carboxylic acids is 2. The number of benzene rings is 2. The molecule has 0 aliphatic heterocycles. The number of aryl methyl sites for hydroxylation is 1. The van der Waals surface area contributed by atoms with Gasteiger partial charge in [-0.3, -0.25) is 20.4 Å². The molecular weight excluding hydrogens is 397 g/mol. The average molecular weight is 421 g/mol. The van der Waals surface area contributed by atoms with E-state index in [0.717, 1.165) is 17.7 Å². The number of halogens is 1. The number of carbonyl (C=O) groups is 2. The molecule has 0 aromatic heterocycles. The lowest BCUT2D eigenvalue weighted by Gasteiger charge is -2.20. The zero-order valence-electron chi connectivity index (χ0n) is 16.4. The molecule has 7 nitrogen and oxygen atoms in total. The molecule has 0 heterocycles. The number of nitrogens with one attached hydrogen (secondary N) is 3. The van der Waals surface area contributed by atoms with Crippen molar-refractivity contribution in [2.45, 2.75) is 38.1 Å². The average Bonchev–Trinajstić information content (AvgIpc) is 2.65. The zero-order chi connectivity index (χ0) is 21.6. The Balaban J connectivity index is 2.08. The van der Waals surface area contributed by atoms with Crippen LogP contribution in [0.2, 0.25) is 0 Å². The van der Waals surface area contributed by atoms with Gasteiger partial charge in [0.1, 0.15) is 11.9 Å². The second-order valence-electron chi connectivity index (χ2n) is 7.07. The number of amides is 2. The van der Waals surface area contributed by atoms with E-state index in [-0.39, 0.29) is 22.8 Å². The summed E-state index contributed by atoms with van der Waals surface area (Å²) in [6, 6.07) is 9.92. The summed E-state index contributed by atoms with van der Waals surface area (Å²) in [6.07, 6.45) is 0.226. The highest BCUT2D eigenvalue weighted by Crippen LogP contribution is 2.13. The molecule has 0 unspecified atom stereocenters. The summed E-state index contributed by atoms with van der Waals surface area (Å²) in [7, 11) is -3.93. The molecule has 3 N–H and O–H groups in total. The molecule has 0 aliphatic rings. The van der Waals surface area contributed by atoms with Gasteiger partial charge in [-0.1, -0.05) is 31.5 Å². The van der Waals surface area contributed by atoms with Crippen LogP contribution in [0.5, 0.6) is 0 Å². The van der Waals surface area contributed by atoms with Crippen LogP contribution in [-0.4, -0.2) is 26.3 Å². The van der Waals surface area contributed by atoms with Gasteiger partial charge >= 0.3 is 0 Å². The van der Waals surface area contributed by atoms with Gasteiger partial charge in [0.05, 0.1) is 4.90 Å². The van der Waals surface area contributed by atoms with Crippen molar-refractivity contribution in [2.24, 2.45) is 5.92 Å². The molecule has 9 heteroatoms. The predicted octanol–water partition coefficient (Wildman–Crippen LogP) is 2.29. The smallest absolute Gasteiger partial charge is 0.269 e. The summed E-state index contributed by atoms with van der Waals surface area (Å²) >= 11 is 0. The van der Waals surface area contributed by atoms with Gasteiger partial charge in [-0.2, -0.15) is 4.72 Å². The fourth-order valence-electron chi connectivity index (χ4n) is 2.53. The van der Waals surface area contributed by atoms with E-state index in [4.69, 9.17) is 0 Å². The van der Waals surface area contributed by atoms with Crippen molar-refractivity contribution >= 4 is 21.8 Å². The third kappa shape index (κ3) is 6.65. The van der Waals surface area contributed by atoms with Crippen LogP contribution < -0.4 is 15.6 Å². The van der Waals surface area contributed by atoms with Gasteiger partial charge in [-0.15, -0.1) is 0 Å². The second-order valence-corrected chi connectivity index (χ2v) is 8.78. The molecule has 0 saturated carbocycles. The normalized spacial score (nSPS) is 12.4. The minimum atomic E-state index is -3.93. The van der Waals surface area contributed by atoms with Crippen molar-refractivity contribution in [2.75, 3.05) is 0 Å². The Hall–Kier alpha value is -2.78. The summed E-state index contributed by atoms with van der Waals surface area (Å²) in [5.74, 6) is -1.83. The van der Waals surface area contributed by atoms with Crippen LogP contribution in [0, 0.1) is 18.7 Å². The molecule has 0 radical (unpaired) electrons. The minimum Gasteiger partial charge on any atom is -0.271 e. The Morgan fingerprint density at radius 3 is 2.10 bits per heavy atom. The lowest BCUT2D eigenvalue weighted by molar-refractivity contribution is -0.123. The molecule has 0 bridgehead atoms. The summed E-state index contributed by atoms with van der Waals surface area (Å²) < 4.78 is 40.6. The van der Waals surface area contributed by atoms with Crippen LogP contribution in [0.3, 0.4) is 0 Å². The van der Waals surface area contributed by atoms with E-state index in [1.807, 2.05) is 20.8 Å². The number of sulfonamides is 1. The first-order chi connectivity index (χ1) is 13.6. The van der Waals surface area contributed by atoms with Crippen molar-refractivity contribution in [3.05, 3.63) is 65.5 Å². The molecule has 2 rings (SSSR count). The first kappa shape index (κ1) is 22.5. The van der Waals surface area contributed by atoms with Crippen LogP contribution in [0.25, 0.3) is 0 Å². The van der Waals surface area contributed by atoms with E-state index in [2.05, 4.69) is 15.6 Å². The van der Waals surface area contributed by atoms with Crippen LogP contribution in [0.4, 0.5) is 4.39 Å². The van der Waals surface area contributed by atoms with Crippen LogP contribution in [-0.2, 0) is 14.8 Å². The number of hydrazine groups is 1. The van der Waals surface area contributed by atoms with E-state index in [9.17, 15) is 22.4 Å². The summed E-state index contributed by atoms with van der Waals surface area (Å²) in [5.41, 5.74) is 5.49. The van der Waals surface area contributed by atoms with Crippen molar-refractivity contribution in [3.8, 4) is 0 Å². The summed E-state index contributed by atoms with van der Waals surface area (Å²) in [5, 5.41) is 0. The molecule has 0 spiro atoms. The van der Waals surface area contributed by atoms with Crippen molar-refractivity contribution < 1.29 is 22.4 Å². The molecule has 1 atom stereocenters. The second kappa shape index (κ2) is 9.62. The Morgan fingerprint density at radius 1 is 0.966 bits per heavy atom. The van der Waals surface area contributed by atoms with Gasteiger partial charge in [0, 0.05) is 5.56 Å². The van der Waals surface area contributed by atoms with Crippen molar-refractivity contribution in [3.63, 3.8) is 0 Å². The first-order valence-corrected chi connectivity index (χ1v) is 10.5. The molecule has 2 aromatic carbocycles. The van der Waals surface area contributed by atoms with Gasteiger partial charge in [-0.05, 0) is 55.7 Å². The van der Waals surface area contributed by atoms with Crippen molar-refractivity contribution in [1.29, 1.82) is 0 Å². The van der Waals surface area contributed by atoms with Gasteiger partial charge in [0.2, 0.25) is 10.0 Å². The SMILES string of the molecule is Cc1ccc(S(=O)(=O)N[C@H](CC(C)C)C(=O)NNC(=O)c2ccc(F)cc2)cc1. The number of hydrogen-bond donors (Lipinski definition) is 3. The fourth-order valence-corrected chi connectivity index (χ4v) is 3.74. The Labute approximate surface area is 169 Å². The van der Waals surface area contributed by atoms with Crippen LogP contribution in [0.15, 0.2) is 53.4 Å². The molecule has 0 aliphatic carbocycles. The zero-order valence-corrected chi connectivity index (χ0v) is 17.2. The maximum Gasteiger partial charge on any atom is 0.269 e. The lowest BCUT2D eigenvalue weighted by atomic mass is 10.0. The Bertz CT molecular complexity index is 958. The van der Waals surface area contributed by atoms with E-state index >= 15 is 0 Å². The maximum atomic E-state index is 12.9. The van der Waals surface area contributed by atoms with Gasteiger partial charge < -0.3 is 0 Å². The molecule has 2 amide bonds. The largest absolute Gasteiger partial charge is 0.271 e. The summed E-state index contributed by atoms with van der Waals surface area (Å²) in [4.78, 5) is 24.6. The van der Waals surface area contributed by atoms with Gasteiger partial charge in [0.15, 0.2) is 0 Å². The van der Waals surface area contributed by atoms with E-state index < -0.39 is 33.7 Å². The quantitative estimate of drug-likeness (QED) is 0.597. The maximum absolute atomic E-state index is 12.9. The highest BCUT2D eigenvalue weighted by molar-refractivity contribution is 7.89. The monoisotopic (exact) mass is 421 g/mol. The molecule has 29 heavy (non-hydrogen) atoms. The van der Waals surface area contributed by atoms with Gasteiger partial charge in [-0.25, -0.2) is 12.8 Å². The minimum absolute atomic E-state index is 0.0132. The standard InChI is InChI=1S/C20H24FN3O4S/c1-13(2)12-18(24-29(27,28)17-10-4-14(3)5-11-17)20(26)23-22-19(25)15-6-8-16(21)9-7-15/h4-11,13,18,24H,12H2,1-3H3,(H,22,25)(H,23,26)/t18-/m1/s1. The number of rotatable bonds is 7.